The normalized spacial score (nSPS) is 19.1. The molecule has 0 aliphatic carbocycles. The summed E-state index contributed by atoms with van der Waals surface area (Å²) < 4.78 is 5.40. The first-order valence-electron chi connectivity index (χ1n) is 9.14. The number of β-amino-alcohol motifs (C(OH)–C–C–N with tert-alkyl or cyclic N) is 1. The van der Waals surface area contributed by atoms with E-state index >= 15 is 0 Å². The number of aliphatic hydroxyl groups is 1. The number of hydrogen-bond acceptors (Lipinski definition) is 9. The van der Waals surface area contributed by atoms with Gasteiger partial charge in [-0.3, -0.25) is 25.1 Å². The smallest absolute Gasteiger partial charge is 0.270 e. The summed E-state index contributed by atoms with van der Waals surface area (Å²) in [5.74, 6) is 0.528. The van der Waals surface area contributed by atoms with E-state index in [1.54, 1.807) is 24.3 Å². The van der Waals surface area contributed by atoms with Gasteiger partial charge in [0.1, 0.15) is 0 Å². The van der Waals surface area contributed by atoms with Crippen molar-refractivity contribution in [2.24, 2.45) is 0 Å². The highest BCUT2D eigenvalue weighted by molar-refractivity contribution is 5.58. The van der Waals surface area contributed by atoms with Crippen LogP contribution in [0.25, 0.3) is 11.4 Å². The minimum Gasteiger partial charge on any atom is -0.392 e. The second-order valence-corrected chi connectivity index (χ2v) is 7.02. The van der Waals surface area contributed by atoms with Gasteiger partial charge in [-0.15, -0.1) is 0 Å². The fraction of sp³-hybridized carbons (Fsp3) is 0.263. The molecule has 2 aromatic carbocycles. The molecule has 1 aromatic heterocycles. The molecule has 11 heteroatoms. The van der Waals surface area contributed by atoms with Gasteiger partial charge in [0, 0.05) is 42.9 Å². The summed E-state index contributed by atoms with van der Waals surface area (Å²) in [6, 6.07) is 11.8. The quantitative estimate of drug-likeness (QED) is 0.477. The summed E-state index contributed by atoms with van der Waals surface area (Å²) in [6.07, 6.45) is -0.190. The van der Waals surface area contributed by atoms with E-state index in [-0.39, 0.29) is 23.2 Å². The number of nitro groups is 2. The molecule has 30 heavy (non-hydrogen) atoms. The summed E-state index contributed by atoms with van der Waals surface area (Å²) in [5, 5.41) is 35.9. The third-order valence-corrected chi connectivity index (χ3v) is 4.96. The van der Waals surface area contributed by atoms with Crippen LogP contribution in [0.5, 0.6) is 0 Å². The maximum absolute atomic E-state index is 11.0. The van der Waals surface area contributed by atoms with Crippen molar-refractivity contribution < 1.29 is 19.5 Å². The van der Waals surface area contributed by atoms with Crippen LogP contribution in [0.4, 0.5) is 11.4 Å². The minimum atomic E-state index is -0.582. The van der Waals surface area contributed by atoms with Crippen molar-refractivity contribution in [3.05, 3.63) is 80.2 Å². The zero-order valence-corrected chi connectivity index (χ0v) is 15.6. The Balaban J connectivity index is 1.54. The molecule has 0 amide bonds. The van der Waals surface area contributed by atoms with Crippen molar-refractivity contribution >= 4 is 11.4 Å². The van der Waals surface area contributed by atoms with Crippen LogP contribution >= 0.6 is 0 Å². The molecule has 154 valence electrons. The molecule has 1 aliphatic rings. The summed E-state index contributed by atoms with van der Waals surface area (Å²) in [4.78, 5) is 27.2. The molecule has 0 radical (unpaired) electrons. The van der Waals surface area contributed by atoms with E-state index in [1.807, 2.05) is 4.90 Å². The van der Waals surface area contributed by atoms with Crippen LogP contribution in [0.2, 0.25) is 0 Å². The lowest BCUT2D eigenvalue weighted by Gasteiger charge is -2.21. The highest BCUT2D eigenvalue weighted by atomic mass is 16.6. The van der Waals surface area contributed by atoms with Gasteiger partial charge in [0.2, 0.25) is 11.7 Å². The van der Waals surface area contributed by atoms with Crippen LogP contribution in [-0.4, -0.2) is 42.6 Å². The van der Waals surface area contributed by atoms with Gasteiger partial charge in [-0.1, -0.05) is 29.4 Å². The lowest BCUT2D eigenvalue weighted by atomic mass is 10.1. The van der Waals surface area contributed by atoms with Crippen molar-refractivity contribution in [1.29, 1.82) is 0 Å². The largest absolute Gasteiger partial charge is 0.392 e. The van der Waals surface area contributed by atoms with Crippen molar-refractivity contribution in [2.75, 3.05) is 6.54 Å². The highest BCUT2D eigenvalue weighted by Gasteiger charge is 2.36. The van der Waals surface area contributed by atoms with Crippen LogP contribution < -0.4 is 0 Å². The van der Waals surface area contributed by atoms with E-state index in [0.29, 0.717) is 31.0 Å². The van der Waals surface area contributed by atoms with Gasteiger partial charge in [-0.25, -0.2) is 0 Å². The number of nitrogens with zero attached hydrogens (tertiary/aromatic N) is 5. The number of non-ortho nitro benzene ring substituents is 2. The van der Waals surface area contributed by atoms with Crippen LogP contribution in [0.15, 0.2) is 53.1 Å². The van der Waals surface area contributed by atoms with Crippen LogP contribution in [0, 0.1) is 20.2 Å². The third kappa shape index (κ3) is 4.02. The lowest BCUT2D eigenvalue weighted by molar-refractivity contribution is -0.385. The number of benzene rings is 2. The van der Waals surface area contributed by atoms with Crippen molar-refractivity contribution in [3.8, 4) is 11.4 Å². The van der Waals surface area contributed by atoms with E-state index in [4.69, 9.17) is 4.52 Å². The molecular formula is C19H17N5O6. The third-order valence-electron chi connectivity index (χ3n) is 4.96. The zero-order chi connectivity index (χ0) is 21.3. The van der Waals surface area contributed by atoms with Gasteiger partial charge in [0.15, 0.2) is 0 Å². The van der Waals surface area contributed by atoms with Gasteiger partial charge in [0.05, 0.1) is 22.0 Å². The standard InChI is InChI=1S/C19H17N5O6/c25-16-9-17(22(11-16)10-12-4-6-14(7-5-12)23(26)27)19-20-18(21-30-19)13-2-1-3-15(8-13)24(28)29/h1-8,16-17,25H,9-11H2/t16-,17+/m1/s1. The number of aliphatic hydroxyl groups excluding tert-OH is 1. The maximum atomic E-state index is 11.0. The number of aromatic nitrogens is 2. The fourth-order valence-corrected chi connectivity index (χ4v) is 3.51. The molecule has 1 fully saturated rings. The molecule has 0 saturated carbocycles. The van der Waals surface area contributed by atoms with Gasteiger partial charge in [-0.2, -0.15) is 4.98 Å². The molecule has 4 rings (SSSR count). The molecule has 1 saturated heterocycles. The predicted molar refractivity (Wildman–Crippen MR) is 103 cm³/mol. The number of nitro benzene ring substituents is 2. The molecular weight excluding hydrogens is 394 g/mol. The van der Waals surface area contributed by atoms with Gasteiger partial charge in [0.25, 0.3) is 11.4 Å². The van der Waals surface area contributed by atoms with E-state index in [1.165, 1.54) is 24.3 Å². The molecule has 2 heterocycles. The molecule has 1 N–H and O–H groups in total. The second kappa shape index (κ2) is 7.97. The van der Waals surface area contributed by atoms with Gasteiger partial charge >= 0.3 is 0 Å². The number of likely N-dealkylation sites (tertiary alicyclic amines) is 1. The van der Waals surface area contributed by atoms with E-state index in [2.05, 4.69) is 10.1 Å². The summed E-state index contributed by atoms with van der Waals surface area (Å²) in [7, 11) is 0. The predicted octanol–water partition coefficient (Wildman–Crippen LogP) is 2.86. The molecule has 0 unspecified atom stereocenters. The van der Waals surface area contributed by atoms with Crippen molar-refractivity contribution in [2.45, 2.75) is 25.1 Å². The maximum Gasteiger partial charge on any atom is 0.270 e. The second-order valence-electron chi connectivity index (χ2n) is 7.02. The Morgan fingerprint density at radius 3 is 2.53 bits per heavy atom. The molecule has 1 aliphatic heterocycles. The Morgan fingerprint density at radius 2 is 1.83 bits per heavy atom. The van der Waals surface area contributed by atoms with Gasteiger partial charge in [-0.05, 0) is 12.0 Å². The molecule has 0 bridgehead atoms. The van der Waals surface area contributed by atoms with E-state index in [0.717, 1.165) is 5.56 Å². The van der Waals surface area contributed by atoms with Crippen molar-refractivity contribution in [1.82, 2.24) is 15.0 Å². The van der Waals surface area contributed by atoms with E-state index in [9.17, 15) is 25.3 Å². The summed E-state index contributed by atoms with van der Waals surface area (Å²) in [6.45, 7) is 0.824. The Morgan fingerprint density at radius 1 is 1.10 bits per heavy atom. The fourth-order valence-electron chi connectivity index (χ4n) is 3.51. The molecule has 2 atom stereocenters. The van der Waals surface area contributed by atoms with Crippen LogP contribution in [0.3, 0.4) is 0 Å². The Hall–Kier alpha value is -3.70. The van der Waals surface area contributed by atoms with Crippen molar-refractivity contribution in [3.63, 3.8) is 0 Å². The summed E-state index contributed by atoms with van der Waals surface area (Å²) in [5.41, 5.74) is 1.24. The minimum absolute atomic E-state index is 0.00949. The SMILES string of the molecule is O=[N+]([O-])c1ccc(CN2C[C@H](O)C[C@H]2c2nc(-c3cccc([N+](=O)[O-])c3)no2)cc1. The first-order valence-corrected chi connectivity index (χ1v) is 9.14. The zero-order valence-electron chi connectivity index (χ0n) is 15.6. The highest BCUT2D eigenvalue weighted by Crippen LogP contribution is 2.34. The average Bonchev–Trinajstić information content (AvgIpc) is 3.35. The average molecular weight is 411 g/mol. The Labute approximate surface area is 169 Å². The number of rotatable bonds is 6. The topological polar surface area (TPSA) is 149 Å². The van der Waals surface area contributed by atoms with E-state index < -0.39 is 16.0 Å². The number of hydrogen-bond donors (Lipinski definition) is 1. The van der Waals surface area contributed by atoms with Gasteiger partial charge < -0.3 is 9.63 Å². The van der Waals surface area contributed by atoms with Crippen LogP contribution in [-0.2, 0) is 6.54 Å². The molecule has 11 nitrogen and oxygen atoms in total. The first kappa shape index (κ1) is 19.6. The van der Waals surface area contributed by atoms with Crippen LogP contribution in [0.1, 0.15) is 23.9 Å². The first-order chi connectivity index (χ1) is 14.4. The molecule has 0 spiro atoms. The Bertz CT molecular complexity index is 1080. The lowest BCUT2D eigenvalue weighted by Crippen LogP contribution is -2.24. The monoisotopic (exact) mass is 411 g/mol. The molecule has 3 aromatic rings. The summed E-state index contributed by atoms with van der Waals surface area (Å²) >= 11 is 0. The Kier molecular flexibility index (Phi) is 5.21.